The van der Waals surface area contributed by atoms with Gasteiger partial charge in [-0.2, -0.15) is 4.98 Å². The van der Waals surface area contributed by atoms with E-state index in [1.165, 1.54) is 0 Å². The van der Waals surface area contributed by atoms with E-state index in [-0.39, 0.29) is 6.10 Å². The summed E-state index contributed by atoms with van der Waals surface area (Å²) in [6.45, 7) is 5.25. The van der Waals surface area contributed by atoms with Crippen molar-refractivity contribution in [3.05, 3.63) is 11.4 Å². The van der Waals surface area contributed by atoms with Gasteiger partial charge in [0.15, 0.2) is 0 Å². The molecule has 1 aliphatic heterocycles. The van der Waals surface area contributed by atoms with Crippen LogP contribution in [0.1, 0.15) is 24.7 Å². The van der Waals surface area contributed by atoms with Crippen molar-refractivity contribution >= 4 is 5.82 Å². The summed E-state index contributed by atoms with van der Waals surface area (Å²) < 4.78 is 11.0. The minimum Gasteiger partial charge on any atom is -0.471 e. The van der Waals surface area contributed by atoms with Gasteiger partial charge in [-0.1, -0.05) is 6.92 Å². The van der Waals surface area contributed by atoms with E-state index in [1.54, 1.807) is 0 Å². The van der Waals surface area contributed by atoms with Crippen LogP contribution in [-0.2, 0) is 11.2 Å². The van der Waals surface area contributed by atoms with Crippen LogP contribution in [-0.4, -0.2) is 29.3 Å². The molecule has 16 heavy (non-hydrogen) atoms. The third-order valence-electron chi connectivity index (χ3n) is 2.67. The van der Waals surface area contributed by atoms with Gasteiger partial charge >= 0.3 is 0 Å². The second-order valence-corrected chi connectivity index (χ2v) is 3.91. The highest BCUT2D eigenvalue weighted by molar-refractivity contribution is 5.44. The maximum Gasteiger partial charge on any atom is 0.222 e. The van der Waals surface area contributed by atoms with Gasteiger partial charge in [-0.25, -0.2) is 4.98 Å². The zero-order valence-electron chi connectivity index (χ0n) is 9.69. The van der Waals surface area contributed by atoms with Crippen LogP contribution in [0.25, 0.3) is 0 Å². The highest BCUT2D eigenvalue weighted by Crippen LogP contribution is 2.22. The molecule has 5 heteroatoms. The Hall–Kier alpha value is -1.36. The average Bonchev–Trinajstić information content (AvgIpc) is 2.77. The molecule has 1 fully saturated rings. The molecule has 2 rings (SSSR count). The van der Waals surface area contributed by atoms with Crippen LogP contribution in [0.3, 0.4) is 0 Å². The molecule has 0 radical (unpaired) electrons. The molecule has 2 N–H and O–H groups in total. The molecule has 1 unspecified atom stereocenters. The number of anilines is 1. The number of hydrogen-bond acceptors (Lipinski definition) is 5. The van der Waals surface area contributed by atoms with Crippen molar-refractivity contribution in [2.24, 2.45) is 0 Å². The van der Waals surface area contributed by atoms with E-state index < -0.39 is 0 Å². The lowest BCUT2D eigenvalue weighted by Gasteiger charge is -2.14. The molecule has 88 valence electrons. The number of aryl methyl sites for hydroxylation is 1. The average molecular weight is 223 g/mol. The van der Waals surface area contributed by atoms with Gasteiger partial charge in [0.05, 0.1) is 18.8 Å². The summed E-state index contributed by atoms with van der Waals surface area (Å²) in [4.78, 5) is 8.53. The summed E-state index contributed by atoms with van der Waals surface area (Å²) in [6, 6.07) is 0. The molecule has 1 aliphatic rings. The Morgan fingerprint density at radius 1 is 1.50 bits per heavy atom. The summed E-state index contributed by atoms with van der Waals surface area (Å²) in [5.41, 5.74) is 6.62. The van der Waals surface area contributed by atoms with Crippen molar-refractivity contribution in [3.8, 4) is 5.88 Å². The number of nitrogens with two attached hydrogens (primary N) is 1. The second-order valence-electron chi connectivity index (χ2n) is 3.91. The molecule has 1 atom stereocenters. The quantitative estimate of drug-likeness (QED) is 0.830. The van der Waals surface area contributed by atoms with E-state index in [1.807, 2.05) is 13.8 Å². The predicted molar refractivity (Wildman–Crippen MR) is 60.4 cm³/mol. The van der Waals surface area contributed by atoms with Gasteiger partial charge < -0.3 is 15.2 Å². The lowest BCUT2D eigenvalue weighted by atomic mass is 10.3. The van der Waals surface area contributed by atoms with Crippen LogP contribution in [0.15, 0.2) is 0 Å². The van der Waals surface area contributed by atoms with Gasteiger partial charge in [0.25, 0.3) is 0 Å². The van der Waals surface area contributed by atoms with E-state index in [0.717, 1.165) is 30.8 Å². The first-order valence-electron chi connectivity index (χ1n) is 5.58. The molecule has 2 heterocycles. The molecule has 0 spiro atoms. The van der Waals surface area contributed by atoms with Crippen molar-refractivity contribution in [1.82, 2.24) is 9.97 Å². The third-order valence-corrected chi connectivity index (χ3v) is 2.67. The third kappa shape index (κ3) is 2.24. The van der Waals surface area contributed by atoms with Crippen LogP contribution in [0.4, 0.5) is 5.82 Å². The first-order chi connectivity index (χ1) is 7.70. The first kappa shape index (κ1) is 11.1. The zero-order valence-corrected chi connectivity index (χ0v) is 9.69. The number of rotatable bonds is 3. The molecule has 1 saturated heterocycles. The monoisotopic (exact) mass is 223 g/mol. The zero-order chi connectivity index (χ0) is 11.5. The van der Waals surface area contributed by atoms with Gasteiger partial charge in [-0.3, -0.25) is 0 Å². The normalized spacial score (nSPS) is 20.0. The van der Waals surface area contributed by atoms with E-state index in [4.69, 9.17) is 15.2 Å². The van der Waals surface area contributed by atoms with Crippen LogP contribution in [0, 0.1) is 6.92 Å². The fourth-order valence-electron chi connectivity index (χ4n) is 1.60. The Morgan fingerprint density at radius 3 is 2.94 bits per heavy atom. The molecular weight excluding hydrogens is 206 g/mol. The number of nitrogen functional groups attached to an aromatic ring is 1. The Morgan fingerprint density at radius 2 is 2.31 bits per heavy atom. The summed E-state index contributed by atoms with van der Waals surface area (Å²) in [5, 5.41) is 0. The van der Waals surface area contributed by atoms with E-state index in [9.17, 15) is 0 Å². The van der Waals surface area contributed by atoms with Crippen LogP contribution < -0.4 is 10.5 Å². The van der Waals surface area contributed by atoms with Gasteiger partial charge in [-0.15, -0.1) is 0 Å². The fourth-order valence-corrected chi connectivity index (χ4v) is 1.60. The van der Waals surface area contributed by atoms with Gasteiger partial charge in [0, 0.05) is 12.8 Å². The Bertz CT molecular complexity index is 376. The number of ether oxygens (including phenoxy) is 2. The van der Waals surface area contributed by atoms with Crippen LogP contribution in [0.5, 0.6) is 5.88 Å². The highest BCUT2D eigenvalue weighted by Gasteiger charge is 2.20. The Kier molecular flexibility index (Phi) is 3.24. The van der Waals surface area contributed by atoms with Crippen molar-refractivity contribution in [2.45, 2.75) is 32.8 Å². The second kappa shape index (κ2) is 4.65. The van der Waals surface area contributed by atoms with Crippen molar-refractivity contribution in [3.63, 3.8) is 0 Å². The number of aromatic nitrogens is 2. The standard InChI is InChI=1S/C11H17N3O2/c1-3-9-13-10(12)7(2)11(14-9)16-8-4-5-15-6-8/h8H,3-6H2,1-2H3,(H2,12,13,14). The lowest BCUT2D eigenvalue weighted by Crippen LogP contribution is -2.18. The molecule has 1 aromatic rings. The van der Waals surface area contributed by atoms with Gasteiger partial charge in [0.1, 0.15) is 17.7 Å². The first-order valence-corrected chi connectivity index (χ1v) is 5.58. The summed E-state index contributed by atoms with van der Waals surface area (Å²) in [5.74, 6) is 1.82. The SMILES string of the molecule is CCc1nc(N)c(C)c(OC2CCOC2)n1. The van der Waals surface area contributed by atoms with Gasteiger partial charge in [0.2, 0.25) is 5.88 Å². The summed E-state index contributed by atoms with van der Waals surface area (Å²) in [6.07, 6.45) is 1.75. The van der Waals surface area contributed by atoms with Crippen molar-refractivity contribution < 1.29 is 9.47 Å². The number of hydrogen-bond donors (Lipinski definition) is 1. The van der Waals surface area contributed by atoms with E-state index >= 15 is 0 Å². The summed E-state index contributed by atoms with van der Waals surface area (Å²) >= 11 is 0. The molecule has 0 aromatic carbocycles. The summed E-state index contributed by atoms with van der Waals surface area (Å²) in [7, 11) is 0. The molecule has 1 aromatic heterocycles. The van der Waals surface area contributed by atoms with Crippen molar-refractivity contribution in [2.75, 3.05) is 18.9 Å². The minimum absolute atomic E-state index is 0.0951. The van der Waals surface area contributed by atoms with Gasteiger partial charge in [-0.05, 0) is 6.92 Å². The highest BCUT2D eigenvalue weighted by atomic mass is 16.5. The minimum atomic E-state index is 0.0951. The van der Waals surface area contributed by atoms with E-state index in [2.05, 4.69) is 9.97 Å². The Balaban J connectivity index is 2.20. The largest absolute Gasteiger partial charge is 0.471 e. The number of nitrogens with zero attached hydrogens (tertiary/aromatic N) is 2. The molecule has 0 saturated carbocycles. The molecule has 5 nitrogen and oxygen atoms in total. The van der Waals surface area contributed by atoms with E-state index in [0.29, 0.717) is 18.3 Å². The smallest absolute Gasteiger partial charge is 0.222 e. The lowest BCUT2D eigenvalue weighted by molar-refractivity contribution is 0.137. The predicted octanol–water partition coefficient (Wildman–Crippen LogP) is 1.10. The molecule has 0 aliphatic carbocycles. The maximum atomic E-state index is 5.81. The van der Waals surface area contributed by atoms with Crippen molar-refractivity contribution in [1.29, 1.82) is 0 Å². The molecule has 0 amide bonds. The van der Waals surface area contributed by atoms with Crippen LogP contribution >= 0.6 is 0 Å². The molecule has 0 bridgehead atoms. The molecular formula is C11H17N3O2. The van der Waals surface area contributed by atoms with Crippen LogP contribution in [0.2, 0.25) is 0 Å². The maximum absolute atomic E-state index is 5.81. The topological polar surface area (TPSA) is 70.3 Å². The fraction of sp³-hybridized carbons (Fsp3) is 0.636. The Labute approximate surface area is 95.0 Å².